The normalized spacial score (nSPS) is 12.4. The second-order valence-corrected chi connectivity index (χ2v) is 12.9. The number of aromatic nitrogens is 8. The number of aryl methyl sites for hydroxylation is 4. The van der Waals surface area contributed by atoms with Crippen LogP contribution in [0.5, 0.6) is 0 Å². The van der Waals surface area contributed by atoms with Crippen LogP contribution in [0.1, 0.15) is 52.7 Å². The topological polar surface area (TPSA) is 119 Å². The second-order valence-electron chi connectivity index (χ2n) is 12.9. The summed E-state index contributed by atoms with van der Waals surface area (Å²) in [5.74, 6) is 4.09. The molecular formula is C41H48N10O. The quantitative estimate of drug-likeness (QED) is 0.167. The molecule has 0 amide bonds. The Balaban J connectivity index is 0.000000199. The van der Waals surface area contributed by atoms with E-state index in [0.29, 0.717) is 49.6 Å². The third-order valence-electron chi connectivity index (χ3n) is 8.16. The Morgan fingerprint density at radius 3 is 1.58 bits per heavy atom. The molecule has 0 atom stereocenters. The molecule has 268 valence electrons. The van der Waals surface area contributed by atoms with Gasteiger partial charge in [0.2, 0.25) is 11.9 Å². The second kappa shape index (κ2) is 17.5. The van der Waals surface area contributed by atoms with Gasteiger partial charge in [-0.15, -0.1) is 0 Å². The molecule has 0 unspecified atom stereocenters. The van der Waals surface area contributed by atoms with Gasteiger partial charge >= 0.3 is 0 Å². The smallest absolute Gasteiger partial charge is 0.229 e. The van der Waals surface area contributed by atoms with E-state index >= 15 is 0 Å². The van der Waals surface area contributed by atoms with Gasteiger partial charge in [0.1, 0.15) is 23.0 Å². The Kier molecular flexibility index (Phi) is 12.6. The zero-order chi connectivity index (χ0) is 35.7. The van der Waals surface area contributed by atoms with Crippen molar-refractivity contribution in [1.29, 1.82) is 0 Å². The molecule has 0 aliphatic carbocycles. The molecule has 5 heterocycles. The summed E-state index contributed by atoms with van der Waals surface area (Å²) in [5, 5.41) is 0. The summed E-state index contributed by atoms with van der Waals surface area (Å²) in [6, 6.07) is 28.6. The van der Waals surface area contributed by atoms with E-state index in [1.807, 2.05) is 69.2 Å². The van der Waals surface area contributed by atoms with E-state index in [4.69, 9.17) is 19.7 Å². The molecule has 11 nitrogen and oxygen atoms in total. The maximum Gasteiger partial charge on any atom is 0.229 e. The average molecular weight is 697 g/mol. The number of ether oxygens (including phenoxy) is 1. The molecule has 1 aliphatic rings. The molecule has 6 aromatic rings. The van der Waals surface area contributed by atoms with Gasteiger partial charge < -0.3 is 14.5 Å². The number of rotatable bonds is 8. The monoisotopic (exact) mass is 696 g/mol. The number of hydrogen-bond donors (Lipinski definition) is 0. The number of pyridine rings is 2. The Bertz CT molecular complexity index is 2100. The molecule has 2 aromatic carbocycles. The fourth-order valence-electron chi connectivity index (χ4n) is 5.65. The summed E-state index contributed by atoms with van der Waals surface area (Å²) in [6.07, 6.45) is 1.34. The minimum atomic E-state index is 0. The molecule has 0 saturated carbocycles. The van der Waals surface area contributed by atoms with Crippen LogP contribution in [0.2, 0.25) is 0 Å². The van der Waals surface area contributed by atoms with Crippen LogP contribution in [0.25, 0.3) is 23.0 Å². The van der Waals surface area contributed by atoms with E-state index in [-0.39, 0.29) is 7.43 Å². The lowest BCUT2D eigenvalue weighted by Crippen LogP contribution is -2.37. The maximum absolute atomic E-state index is 5.47. The molecular weight excluding hydrogens is 649 g/mol. The van der Waals surface area contributed by atoms with Crippen molar-refractivity contribution in [3.8, 4) is 23.0 Å². The first-order chi connectivity index (χ1) is 24.7. The third-order valence-corrected chi connectivity index (χ3v) is 8.16. The standard InChI is InChI=1S/C21H23N5O.C19H21N5.CH4/c1-15-5-3-7-17(13-15)14-19-23-20(18-8-4-6-16(2)22-18)25-21(24-19)26-9-11-27-12-10-26;1-13-7-5-9-15(11-13)12-17-21-18(23-19(22-17)24(3)4)16-10-6-8-14(2)20-16;/h3-8,13H,9-12,14H2,1-2H3;5-11H,12H2,1-4H3;1H4. The van der Waals surface area contributed by atoms with Crippen molar-refractivity contribution in [3.05, 3.63) is 130 Å². The molecule has 1 saturated heterocycles. The molecule has 0 N–H and O–H groups in total. The van der Waals surface area contributed by atoms with Crippen LogP contribution in [0.4, 0.5) is 11.9 Å². The predicted octanol–water partition coefficient (Wildman–Crippen LogP) is 6.82. The van der Waals surface area contributed by atoms with Gasteiger partial charge in [0, 0.05) is 51.4 Å². The predicted molar refractivity (Wildman–Crippen MR) is 208 cm³/mol. The first-order valence-corrected chi connectivity index (χ1v) is 17.2. The first-order valence-electron chi connectivity index (χ1n) is 17.2. The van der Waals surface area contributed by atoms with Crippen LogP contribution in [-0.4, -0.2) is 80.3 Å². The highest BCUT2D eigenvalue weighted by Gasteiger charge is 2.18. The van der Waals surface area contributed by atoms with Crippen LogP contribution in [-0.2, 0) is 17.6 Å². The highest BCUT2D eigenvalue weighted by Crippen LogP contribution is 2.20. The lowest BCUT2D eigenvalue weighted by Gasteiger charge is -2.27. The molecule has 1 fully saturated rings. The van der Waals surface area contributed by atoms with Gasteiger partial charge in [-0.05, 0) is 63.1 Å². The third kappa shape index (κ3) is 10.2. The summed E-state index contributed by atoms with van der Waals surface area (Å²) in [5.41, 5.74) is 8.28. The Morgan fingerprint density at radius 1 is 0.577 bits per heavy atom. The summed E-state index contributed by atoms with van der Waals surface area (Å²) < 4.78 is 5.47. The Labute approximate surface area is 307 Å². The summed E-state index contributed by atoms with van der Waals surface area (Å²) in [6.45, 7) is 11.1. The first kappa shape index (κ1) is 37.6. The summed E-state index contributed by atoms with van der Waals surface area (Å²) in [4.78, 5) is 41.1. The van der Waals surface area contributed by atoms with Gasteiger partial charge in [0.25, 0.3) is 0 Å². The van der Waals surface area contributed by atoms with Gasteiger partial charge in [-0.1, -0.05) is 79.2 Å². The van der Waals surface area contributed by atoms with Crippen LogP contribution in [0.15, 0.2) is 84.9 Å². The zero-order valence-corrected chi connectivity index (χ0v) is 30.2. The van der Waals surface area contributed by atoms with Crippen molar-refractivity contribution in [2.75, 3.05) is 50.2 Å². The highest BCUT2D eigenvalue weighted by molar-refractivity contribution is 5.53. The zero-order valence-electron chi connectivity index (χ0n) is 30.2. The molecule has 1 aliphatic heterocycles. The van der Waals surface area contributed by atoms with E-state index in [1.54, 1.807) is 0 Å². The molecule has 7 rings (SSSR count). The summed E-state index contributed by atoms with van der Waals surface area (Å²) >= 11 is 0. The van der Waals surface area contributed by atoms with Gasteiger partial charge in [0.05, 0.1) is 13.2 Å². The van der Waals surface area contributed by atoms with Gasteiger partial charge in [-0.25, -0.2) is 19.9 Å². The van der Waals surface area contributed by atoms with E-state index < -0.39 is 0 Å². The van der Waals surface area contributed by atoms with Crippen LogP contribution in [0, 0.1) is 27.7 Å². The van der Waals surface area contributed by atoms with Gasteiger partial charge in [-0.3, -0.25) is 0 Å². The van der Waals surface area contributed by atoms with Crippen LogP contribution < -0.4 is 9.80 Å². The van der Waals surface area contributed by atoms with Crippen molar-refractivity contribution in [1.82, 2.24) is 39.9 Å². The van der Waals surface area contributed by atoms with Crippen molar-refractivity contribution < 1.29 is 4.74 Å². The van der Waals surface area contributed by atoms with Crippen molar-refractivity contribution in [2.45, 2.75) is 48.0 Å². The minimum Gasteiger partial charge on any atom is -0.378 e. The number of morpholine rings is 1. The molecule has 0 spiro atoms. The largest absolute Gasteiger partial charge is 0.378 e. The molecule has 4 aromatic heterocycles. The van der Waals surface area contributed by atoms with Gasteiger partial charge in [0.15, 0.2) is 11.6 Å². The van der Waals surface area contributed by atoms with Gasteiger partial charge in [-0.2, -0.15) is 19.9 Å². The fourth-order valence-corrected chi connectivity index (χ4v) is 5.65. The number of hydrogen-bond acceptors (Lipinski definition) is 11. The lowest BCUT2D eigenvalue weighted by molar-refractivity contribution is 0.122. The minimum absolute atomic E-state index is 0. The van der Waals surface area contributed by atoms with Crippen molar-refractivity contribution in [3.63, 3.8) is 0 Å². The van der Waals surface area contributed by atoms with E-state index in [9.17, 15) is 0 Å². The van der Waals surface area contributed by atoms with Crippen molar-refractivity contribution >= 4 is 11.9 Å². The highest BCUT2D eigenvalue weighted by atomic mass is 16.5. The molecule has 0 radical (unpaired) electrons. The lowest BCUT2D eigenvalue weighted by atomic mass is 10.1. The average Bonchev–Trinajstić information content (AvgIpc) is 3.12. The Hall–Kier alpha value is -5.68. The SMILES string of the molecule is C.Cc1cccc(Cc2nc(-c3cccc(C)n3)nc(N(C)C)n2)c1.Cc1cccc(Cc2nc(-c3cccc(C)n3)nc(N3CCOCC3)n2)c1. The number of benzene rings is 2. The van der Waals surface area contributed by atoms with Crippen LogP contribution >= 0.6 is 0 Å². The van der Waals surface area contributed by atoms with E-state index in [2.05, 4.69) is 92.2 Å². The maximum atomic E-state index is 5.47. The Morgan fingerprint density at radius 2 is 1.08 bits per heavy atom. The number of nitrogens with zero attached hydrogens (tertiary/aromatic N) is 10. The van der Waals surface area contributed by atoms with Crippen molar-refractivity contribution in [2.24, 2.45) is 0 Å². The fraction of sp³-hybridized carbons (Fsp3) is 0.317. The molecule has 11 heteroatoms. The number of anilines is 2. The van der Waals surface area contributed by atoms with E-state index in [0.717, 1.165) is 47.5 Å². The molecule has 0 bridgehead atoms. The van der Waals surface area contributed by atoms with E-state index in [1.165, 1.54) is 22.3 Å². The van der Waals surface area contributed by atoms with Crippen LogP contribution in [0.3, 0.4) is 0 Å². The molecule has 52 heavy (non-hydrogen) atoms. The summed E-state index contributed by atoms with van der Waals surface area (Å²) in [7, 11) is 3.86.